The van der Waals surface area contributed by atoms with Gasteiger partial charge in [0.1, 0.15) is 0 Å². The fourth-order valence-electron chi connectivity index (χ4n) is 0. The van der Waals surface area contributed by atoms with Crippen LogP contribution < -0.4 is 0 Å². The van der Waals surface area contributed by atoms with E-state index in [4.69, 9.17) is 30.6 Å². The molecule has 10 heavy (non-hydrogen) atoms. The Morgan fingerprint density at radius 1 is 0.800 bits per heavy atom. The summed E-state index contributed by atoms with van der Waals surface area (Å²) in [6, 6.07) is 0. The molecule has 0 aromatic rings. The van der Waals surface area contributed by atoms with E-state index >= 15 is 0 Å². The summed E-state index contributed by atoms with van der Waals surface area (Å²) < 4.78 is 0. The van der Waals surface area contributed by atoms with Crippen molar-refractivity contribution in [2.45, 2.75) is 0 Å². The van der Waals surface area contributed by atoms with Gasteiger partial charge in [-0.1, -0.05) is 0 Å². The molecule has 0 N–H and O–H groups in total. The second kappa shape index (κ2) is 15.8. The van der Waals surface area contributed by atoms with Gasteiger partial charge in [0.25, 0.3) is 0 Å². The van der Waals surface area contributed by atoms with Crippen LogP contribution in [-0.2, 0) is 34.1 Å². The van der Waals surface area contributed by atoms with Gasteiger partial charge in [0.05, 0.1) is 10.2 Å². The van der Waals surface area contributed by atoms with E-state index in [9.17, 15) is 0 Å². The zero-order valence-electron chi connectivity index (χ0n) is 4.00. The second-order valence-electron chi connectivity index (χ2n) is 0.447. The Morgan fingerprint density at radius 2 is 0.800 bits per heavy atom. The van der Waals surface area contributed by atoms with Gasteiger partial charge in [0.2, 0.25) is 0 Å². The molecule has 0 aromatic heterocycles. The van der Waals surface area contributed by atoms with Gasteiger partial charge in [-0.15, -0.1) is 0 Å². The van der Waals surface area contributed by atoms with Crippen LogP contribution in [0, 0.1) is 30.6 Å². The maximum Gasteiger partial charge on any atom is 2.00 e. The summed E-state index contributed by atoms with van der Waals surface area (Å²) in [6.07, 6.45) is 0. The van der Waals surface area contributed by atoms with E-state index in [1.807, 2.05) is 0 Å². The van der Waals surface area contributed by atoms with Crippen molar-refractivity contribution < 1.29 is 44.3 Å². The SMILES string of the molecule is O=[N+]([O-])[O-].O=[N+]([O-])[O-].[Cu+2].[Fe]. The van der Waals surface area contributed by atoms with Crippen molar-refractivity contribution in [2.75, 3.05) is 0 Å². The van der Waals surface area contributed by atoms with E-state index in [1.54, 1.807) is 0 Å². The fourth-order valence-corrected chi connectivity index (χ4v) is 0. The topological polar surface area (TPSA) is 132 Å². The number of rotatable bonds is 0. The summed E-state index contributed by atoms with van der Waals surface area (Å²) in [6.45, 7) is 0. The van der Waals surface area contributed by atoms with Crippen LogP contribution in [-0.4, -0.2) is 10.2 Å². The van der Waals surface area contributed by atoms with E-state index in [0.29, 0.717) is 0 Å². The van der Waals surface area contributed by atoms with Gasteiger partial charge in [-0.25, -0.2) is 0 Å². The summed E-state index contributed by atoms with van der Waals surface area (Å²) in [5.74, 6) is 0. The molecule has 0 fully saturated rings. The van der Waals surface area contributed by atoms with Crippen molar-refractivity contribution in [3.05, 3.63) is 30.6 Å². The normalized spacial score (nSPS) is 4.80. The molecule has 0 amide bonds. The Kier molecular flexibility index (Phi) is 35.9. The van der Waals surface area contributed by atoms with Crippen molar-refractivity contribution >= 4 is 0 Å². The Hall–Kier alpha value is -0.561. The zero-order valence-corrected chi connectivity index (χ0v) is 6.04. The molecule has 0 aliphatic heterocycles. The molecule has 0 bridgehead atoms. The number of nitrogens with zero attached hydrogens (tertiary/aromatic N) is 2. The third-order valence-electron chi connectivity index (χ3n) is 0. The van der Waals surface area contributed by atoms with E-state index < -0.39 is 10.2 Å². The van der Waals surface area contributed by atoms with Crippen molar-refractivity contribution in [3.8, 4) is 0 Å². The molecule has 0 heterocycles. The molecule has 0 spiro atoms. The van der Waals surface area contributed by atoms with E-state index in [0.717, 1.165) is 0 Å². The van der Waals surface area contributed by atoms with Crippen molar-refractivity contribution in [1.82, 2.24) is 0 Å². The molecule has 0 saturated heterocycles. The van der Waals surface area contributed by atoms with Crippen LogP contribution in [0.25, 0.3) is 0 Å². The van der Waals surface area contributed by atoms with Crippen molar-refractivity contribution in [3.63, 3.8) is 0 Å². The zero-order chi connectivity index (χ0) is 7.15. The minimum absolute atomic E-state index is 0. The Labute approximate surface area is 75.4 Å². The first kappa shape index (κ1) is 22.7. The summed E-state index contributed by atoms with van der Waals surface area (Å²) in [5.41, 5.74) is 0. The Balaban J connectivity index is -0.0000000300. The first-order chi connectivity index (χ1) is 3.46. The molecule has 10 heteroatoms. The van der Waals surface area contributed by atoms with Gasteiger partial charge in [-0.2, -0.15) is 0 Å². The molecule has 0 unspecified atom stereocenters. The predicted octanol–water partition coefficient (Wildman–Crippen LogP) is -0.483. The molecule has 65 valence electrons. The summed E-state index contributed by atoms with van der Waals surface area (Å²) >= 11 is 0. The fraction of sp³-hybridized carbons (Fsp3) is 0. The van der Waals surface area contributed by atoms with E-state index in [1.165, 1.54) is 0 Å². The van der Waals surface area contributed by atoms with Crippen LogP contribution in [0.5, 0.6) is 0 Å². The van der Waals surface area contributed by atoms with Crippen molar-refractivity contribution in [1.29, 1.82) is 0 Å². The average molecular weight is 243 g/mol. The van der Waals surface area contributed by atoms with Gasteiger partial charge in [0, 0.05) is 17.1 Å². The maximum absolute atomic E-state index is 8.25. The molecule has 0 aromatic carbocycles. The minimum atomic E-state index is -1.75. The van der Waals surface area contributed by atoms with E-state index in [-0.39, 0.29) is 34.1 Å². The molecule has 0 aliphatic rings. The monoisotopic (exact) mass is 243 g/mol. The Bertz CT molecular complexity index is 73.7. The predicted molar refractivity (Wildman–Crippen MR) is 20.7 cm³/mol. The average Bonchev–Trinajstić information content (AvgIpc) is 1.25. The van der Waals surface area contributed by atoms with E-state index in [2.05, 4.69) is 0 Å². The standard InChI is InChI=1S/Cu.Fe.2NO3/c;;2*2-1(3)4/q+2;;2*-1. The van der Waals surface area contributed by atoms with Crippen molar-refractivity contribution in [2.24, 2.45) is 0 Å². The molecular formula is CuFeN2O6. The maximum atomic E-state index is 8.25. The smallest absolute Gasteiger partial charge is 0.356 e. The first-order valence-electron chi connectivity index (χ1n) is 1.10. The van der Waals surface area contributed by atoms with Crippen LogP contribution in [0.3, 0.4) is 0 Å². The molecule has 0 rings (SSSR count). The molecule has 0 atom stereocenters. The summed E-state index contributed by atoms with van der Waals surface area (Å²) in [4.78, 5) is 16.5. The number of hydrogen-bond acceptors (Lipinski definition) is 6. The molecular weight excluding hydrogens is 243 g/mol. The summed E-state index contributed by atoms with van der Waals surface area (Å²) in [7, 11) is 0. The quantitative estimate of drug-likeness (QED) is 0.320. The molecule has 1 radical (unpaired) electrons. The Morgan fingerprint density at radius 3 is 0.800 bits per heavy atom. The first-order valence-corrected chi connectivity index (χ1v) is 1.10. The molecule has 0 saturated carbocycles. The van der Waals surface area contributed by atoms with Gasteiger partial charge in [0.15, 0.2) is 0 Å². The minimum Gasteiger partial charge on any atom is -0.356 e. The van der Waals surface area contributed by atoms with Gasteiger partial charge >= 0.3 is 17.1 Å². The van der Waals surface area contributed by atoms with Gasteiger partial charge < -0.3 is 30.6 Å². The van der Waals surface area contributed by atoms with Crippen LogP contribution in [0.2, 0.25) is 0 Å². The molecule has 8 nitrogen and oxygen atoms in total. The van der Waals surface area contributed by atoms with Crippen LogP contribution in [0.1, 0.15) is 0 Å². The van der Waals surface area contributed by atoms with Crippen LogP contribution in [0.15, 0.2) is 0 Å². The largest absolute Gasteiger partial charge is 2.00 e. The van der Waals surface area contributed by atoms with Crippen LogP contribution in [0.4, 0.5) is 0 Å². The van der Waals surface area contributed by atoms with Crippen LogP contribution >= 0.6 is 0 Å². The third kappa shape index (κ3) is 980. The molecule has 0 aliphatic carbocycles. The van der Waals surface area contributed by atoms with Gasteiger partial charge in [-0.3, -0.25) is 0 Å². The number of hydrogen-bond donors (Lipinski definition) is 0. The second-order valence-corrected chi connectivity index (χ2v) is 0.447. The summed E-state index contributed by atoms with van der Waals surface area (Å²) in [5, 5.41) is 29.5. The third-order valence-corrected chi connectivity index (χ3v) is 0. The van der Waals surface area contributed by atoms with Gasteiger partial charge in [-0.05, 0) is 0 Å².